The van der Waals surface area contributed by atoms with Gasteiger partial charge in [-0.15, -0.1) is 0 Å². The van der Waals surface area contributed by atoms with E-state index in [4.69, 9.17) is 0 Å². The topological polar surface area (TPSA) is 49.4 Å². The lowest BCUT2D eigenvalue weighted by Crippen LogP contribution is -2.45. The lowest BCUT2D eigenvalue weighted by molar-refractivity contribution is -0.144. The minimum atomic E-state index is -0.738. The molecule has 0 aliphatic carbocycles. The summed E-state index contributed by atoms with van der Waals surface area (Å²) in [5, 5.41) is 2.96. The van der Waals surface area contributed by atoms with Crippen LogP contribution in [0.5, 0.6) is 0 Å². The molecule has 1 N–H and O–H groups in total. The van der Waals surface area contributed by atoms with Gasteiger partial charge in [0, 0.05) is 19.0 Å². The number of amides is 2. The molecule has 0 fully saturated rings. The number of carbonyl (C=O) groups excluding carboxylic acids is 2. The van der Waals surface area contributed by atoms with Crippen molar-refractivity contribution < 1.29 is 14.0 Å². The van der Waals surface area contributed by atoms with Gasteiger partial charge in [-0.2, -0.15) is 0 Å². The zero-order valence-corrected chi connectivity index (χ0v) is 16.8. The highest BCUT2D eigenvalue weighted by Gasteiger charge is 2.32. The maximum absolute atomic E-state index is 13.3. The number of hydrogen-bond acceptors (Lipinski definition) is 2. The number of hydrogen-bond donors (Lipinski definition) is 1. The van der Waals surface area contributed by atoms with Gasteiger partial charge in [-0.05, 0) is 29.7 Å². The summed E-state index contributed by atoms with van der Waals surface area (Å²) in [7, 11) is 0. The highest BCUT2D eigenvalue weighted by molar-refractivity contribution is 5.89. The second-order valence-electron chi connectivity index (χ2n) is 7.21. The molecule has 1 unspecified atom stereocenters. The fraction of sp³-hybridized carbons (Fsp3) is 0.391. The molecular weight excluding hydrogens is 355 g/mol. The van der Waals surface area contributed by atoms with Gasteiger partial charge in [-0.25, -0.2) is 4.39 Å². The normalized spacial score (nSPS) is 11.9. The van der Waals surface area contributed by atoms with E-state index in [1.54, 1.807) is 17.0 Å². The Hall–Kier alpha value is -2.69. The zero-order chi connectivity index (χ0) is 20.5. The van der Waals surface area contributed by atoms with Crippen LogP contribution in [0.3, 0.4) is 0 Å². The molecule has 2 aromatic carbocycles. The molecule has 0 aliphatic rings. The summed E-state index contributed by atoms with van der Waals surface area (Å²) in [6.45, 7) is 6.50. The van der Waals surface area contributed by atoms with Gasteiger partial charge in [-0.1, -0.05) is 69.7 Å². The molecule has 0 spiro atoms. The standard InChI is InChI=1S/C23H29FN2O2/c1-4-5-15-25-22(27)21(19-9-7-6-8-10-19)26(23(28)17(2)3)16-18-11-13-20(24)14-12-18/h6-14,17,21H,4-5,15-16H2,1-3H3,(H,25,27). The Morgan fingerprint density at radius 1 is 1.04 bits per heavy atom. The highest BCUT2D eigenvalue weighted by atomic mass is 19.1. The van der Waals surface area contributed by atoms with Crippen LogP contribution in [0.1, 0.15) is 50.8 Å². The molecule has 150 valence electrons. The van der Waals surface area contributed by atoms with Gasteiger partial charge in [0.15, 0.2) is 0 Å². The predicted molar refractivity (Wildman–Crippen MR) is 109 cm³/mol. The van der Waals surface area contributed by atoms with Gasteiger partial charge in [0.1, 0.15) is 11.9 Å². The monoisotopic (exact) mass is 384 g/mol. The molecule has 2 rings (SSSR count). The first kappa shape index (κ1) is 21.6. The van der Waals surface area contributed by atoms with Crippen molar-refractivity contribution in [2.45, 2.75) is 46.2 Å². The van der Waals surface area contributed by atoms with Crippen molar-refractivity contribution >= 4 is 11.8 Å². The van der Waals surface area contributed by atoms with E-state index in [9.17, 15) is 14.0 Å². The van der Waals surface area contributed by atoms with Gasteiger partial charge in [-0.3, -0.25) is 9.59 Å². The molecule has 4 nitrogen and oxygen atoms in total. The molecule has 2 aromatic rings. The summed E-state index contributed by atoms with van der Waals surface area (Å²) in [5.41, 5.74) is 1.53. The van der Waals surface area contributed by atoms with Crippen LogP contribution in [0.4, 0.5) is 4.39 Å². The van der Waals surface area contributed by atoms with Gasteiger partial charge in [0.2, 0.25) is 11.8 Å². The van der Waals surface area contributed by atoms with Gasteiger partial charge < -0.3 is 10.2 Å². The average molecular weight is 384 g/mol. The maximum Gasteiger partial charge on any atom is 0.247 e. The Labute approximate surface area is 166 Å². The number of unbranched alkanes of at least 4 members (excludes halogenated alkanes) is 1. The van der Waals surface area contributed by atoms with Crippen LogP contribution >= 0.6 is 0 Å². The van der Waals surface area contributed by atoms with Crippen molar-refractivity contribution in [2.75, 3.05) is 6.54 Å². The number of nitrogens with zero attached hydrogens (tertiary/aromatic N) is 1. The fourth-order valence-electron chi connectivity index (χ4n) is 3.01. The Morgan fingerprint density at radius 2 is 1.68 bits per heavy atom. The molecule has 0 saturated carbocycles. The van der Waals surface area contributed by atoms with Crippen LogP contribution in [0.25, 0.3) is 0 Å². The smallest absolute Gasteiger partial charge is 0.247 e. The summed E-state index contributed by atoms with van der Waals surface area (Å²) in [6, 6.07) is 14.6. The summed E-state index contributed by atoms with van der Waals surface area (Å²) in [5.74, 6) is -0.919. The number of nitrogens with one attached hydrogen (secondary N) is 1. The third-order valence-corrected chi connectivity index (χ3v) is 4.55. The summed E-state index contributed by atoms with van der Waals surface area (Å²) in [4.78, 5) is 27.7. The van der Waals surface area contributed by atoms with Crippen molar-refractivity contribution in [1.29, 1.82) is 0 Å². The van der Waals surface area contributed by atoms with Gasteiger partial charge in [0.05, 0.1) is 0 Å². The van der Waals surface area contributed by atoms with Crippen LogP contribution in [0, 0.1) is 11.7 Å². The van der Waals surface area contributed by atoms with Crippen molar-refractivity contribution in [3.8, 4) is 0 Å². The molecule has 5 heteroatoms. The molecular formula is C23H29FN2O2. The molecule has 0 radical (unpaired) electrons. The first-order chi connectivity index (χ1) is 13.4. The van der Waals surface area contributed by atoms with Crippen LogP contribution in [-0.2, 0) is 16.1 Å². The third kappa shape index (κ3) is 5.91. The van der Waals surface area contributed by atoms with E-state index < -0.39 is 6.04 Å². The van der Waals surface area contributed by atoms with E-state index in [0.29, 0.717) is 6.54 Å². The molecule has 1 atom stereocenters. The number of carbonyl (C=O) groups is 2. The lowest BCUT2D eigenvalue weighted by Gasteiger charge is -2.33. The van der Waals surface area contributed by atoms with Crippen molar-refractivity contribution in [2.24, 2.45) is 5.92 Å². The summed E-state index contributed by atoms with van der Waals surface area (Å²) >= 11 is 0. The van der Waals surface area contributed by atoms with Crippen LogP contribution in [0.2, 0.25) is 0 Å². The minimum Gasteiger partial charge on any atom is -0.354 e. The molecule has 0 aliphatic heterocycles. The minimum absolute atomic E-state index is 0.121. The first-order valence-electron chi connectivity index (χ1n) is 9.81. The second kappa shape index (κ2) is 10.6. The Morgan fingerprint density at radius 3 is 2.25 bits per heavy atom. The molecule has 0 aromatic heterocycles. The Balaban J connectivity index is 2.39. The van der Waals surface area contributed by atoms with Crippen LogP contribution in [-0.4, -0.2) is 23.3 Å². The second-order valence-corrected chi connectivity index (χ2v) is 7.21. The van der Waals surface area contributed by atoms with E-state index in [1.165, 1.54) is 12.1 Å². The van der Waals surface area contributed by atoms with E-state index in [-0.39, 0.29) is 30.1 Å². The first-order valence-corrected chi connectivity index (χ1v) is 9.81. The van der Waals surface area contributed by atoms with Crippen molar-refractivity contribution in [3.63, 3.8) is 0 Å². The average Bonchev–Trinajstić information content (AvgIpc) is 2.69. The zero-order valence-electron chi connectivity index (χ0n) is 16.8. The van der Waals surface area contributed by atoms with E-state index in [1.807, 2.05) is 44.2 Å². The van der Waals surface area contributed by atoms with Gasteiger partial charge in [0.25, 0.3) is 0 Å². The number of rotatable bonds is 9. The fourth-order valence-corrected chi connectivity index (χ4v) is 3.01. The number of halogens is 1. The number of benzene rings is 2. The Kier molecular flexibility index (Phi) is 8.18. The Bertz CT molecular complexity index is 760. The van der Waals surface area contributed by atoms with Crippen LogP contribution in [0.15, 0.2) is 54.6 Å². The largest absolute Gasteiger partial charge is 0.354 e. The predicted octanol–water partition coefficient (Wildman–Crippen LogP) is 4.47. The molecule has 0 saturated heterocycles. The summed E-state index contributed by atoms with van der Waals surface area (Å²) in [6.07, 6.45) is 1.85. The third-order valence-electron chi connectivity index (χ3n) is 4.55. The molecule has 28 heavy (non-hydrogen) atoms. The molecule has 0 heterocycles. The van der Waals surface area contributed by atoms with E-state index in [2.05, 4.69) is 12.2 Å². The van der Waals surface area contributed by atoms with Crippen LogP contribution < -0.4 is 5.32 Å². The lowest BCUT2D eigenvalue weighted by atomic mass is 10.0. The quantitative estimate of drug-likeness (QED) is 0.649. The van der Waals surface area contributed by atoms with E-state index >= 15 is 0 Å². The van der Waals surface area contributed by atoms with E-state index in [0.717, 1.165) is 24.0 Å². The van der Waals surface area contributed by atoms with Gasteiger partial charge >= 0.3 is 0 Å². The SMILES string of the molecule is CCCCNC(=O)C(c1ccccc1)N(Cc1ccc(F)cc1)C(=O)C(C)C. The molecule has 2 amide bonds. The molecule has 0 bridgehead atoms. The summed E-state index contributed by atoms with van der Waals surface area (Å²) < 4.78 is 13.3. The highest BCUT2D eigenvalue weighted by Crippen LogP contribution is 2.25. The van der Waals surface area contributed by atoms with Crippen molar-refractivity contribution in [1.82, 2.24) is 10.2 Å². The maximum atomic E-state index is 13.3. The van der Waals surface area contributed by atoms with Crippen molar-refractivity contribution in [3.05, 3.63) is 71.5 Å².